The van der Waals surface area contributed by atoms with Crippen molar-refractivity contribution in [2.45, 2.75) is 13.8 Å². The molecule has 0 fully saturated rings. The molecule has 34 heavy (non-hydrogen) atoms. The van der Waals surface area contributed by atoms with Crippen LogP contribution in [0.15, 0.2) is 54.7 Å². The van der Waals surface area contributed by atoms with E-state index in [0.717, 1.165) is 10.9 Å². The smallest absolute Gasteiger partial charge is 0.343 e. The van der Waals surface area contributed by atoms with E-state index < -0.39 is 12.0 Å². The van der Waals surface area contributed by atoms with Crippen molar-refractivity contribution in [3.63, 3.8) is 0 Å². The number of methoxy groups -OCH3 is 1. The number of nitrogens with one attached hydrogen (secondary N) is 2. The number of amides is 2. The second-order valence-electron chi connectivity index (χ2n) is 7.28. The van der Waals surface area contributed by atoms with Crippen molar-refractivity contribution in [1.29, 1.82) is 0 Å². The highest BCUT2D eigenvalue weighted by Crippen LogP contribution is 2.29. The van der Waals surface area contributed by atoms with Crippen LogP contribution in [0, 0.1) is 6.92 Å². The molecule has 0 atom stereocenters. The number of aryl methyl sites for hydroxylation is 1. The third-order valence-electron chi connectivity index (χ3n) is 5.03. The zero-order valence-corrected chi connectivity index (χ0v) is 19.5. The number of esters is 1. The molecule has 0 aliphatic rings. The number of pyridine rings is 1. The molecule has 174 valence electrons. The first-order valence-corrected chi connectivity index (χ1v) is 10.8. The summed E-state index contributed by atoms with van der Waals surface area (Å²) >= 11 is 5.91. The fourth-order valence-electron chi connectivity index (χ4n) is 3.45. The standard InChI is InChI=1S/C24H22ClN5O4/c1-4-34-23(31)18-13-26-30(22(18)29-24(32)27-16-10-8-15(25)9-11-16)20-12-14(2)17-6-5-7-19(33-3)21(17)28-20/h5-13H,4H2,1-3H3,(H2,27,29,32). The van der Waals surface area contributed by atoms with E-state index in [0.29, 0.717) is 27.8 Å². The summed E-state index contributed by atoms with van der Waals surface area (Å²) in [5, 5.41) is 11.2. The summed E-state index contributed by atoms with van der Waals surface area (Å²) in [6.07, 6.45) is 1.33. The van der Waals surface area contributed by atoms with Crippen LogP contribution in [0.3, 0.4) is 0 Å². The number of urea groups is 1. The summed E-state index contributed by atoms with van der Waals surface area (Å²) in [5.41, 5.74) is 2.16. The third-order valence-corrected chi connectivity index (χ3v) is 5.28. The number of hydrogen-bond donors (Lipinski definition) is 2. The minimum absolute atomic E-state index is 0.0904. The lowest BCUT2D eigenvalue weighted by atomic mass is 10.1. The molecule has 9 nitrogen and oxygen atoms in total. The van der Waals surface area contributed by atoms with Gasteiger partial charge in [0.15, 0.2) is 11.6 Å². The molecule has 0 saturated carbocycles. The van der Waals surface area contributed by atoms with Gasteiger partial charge >= 0.3 is 12.0 Å². The molecule has 2 amide bonds. The third kappa shape index (κ3) is 4.65. The van der Waals surface area contributed by atoms with Crippen LogP contribution in [0.1, 0.15) is 22.8 Å². The van der Waals surface area contributed by atoms with Gasteiger partial charge in [0, 0.05) is 16.1 Å². The number of ether oxygens (including phenoxy) is 2. The lowest BCUT2D eigenvalue weighted by molar-refractivity contribution is 0.0527. The van der Waals surface area contributed by atoms with Crippen molar-refractivity contribution in [2.24, 2.45) is 0 Å². The van der Waals surface area contributed by atoms with E-state index >= 15 is 0 Å². The van der Waals surface area contributed by atoms with Crippen molar-refractivity contribution >= 4 is 46.0 Å². The lowest BCUT2D eigenvalue weighted by Gasteiger charge is -2.14. The molecule has 10 heteroatoms. The Balaban J connectivity index is 1.77. The topological polar surface area (TPSA) is 107 Å². The van der Waals surface area contributed by atoms with E-state index in [1.165, 1.54) is 10.9 Å². The first-order chi connectivity index (χ1) is 16.4. The first-order valence-electron chi connectivity index (χ1n) is 10.4. The SMILES string of the molecule is CCOC(=O)c1cnn(-c2cc(C)c3cccc(OC)c3n2)c1NC(=O)Nc1ccc(Cl)cc1. The van der Waals surface area contributed by atoms with E-state index in [-0.39, 0.29) is 18.0 Å². The first kappa shape index (κ1) is 23.1. The molecule has 4 rings (SSSR count). The van der Waals surface area contributed by atoms with Gasteiger partial charge in [-0.1, -0.05) is 23.7 Å². The normalized spacial score (nSPS) is 10.7. The Kier molecular flexibility index (Phi) is 6.65. The molecule has 2 N–H and O–H groups in total. The molecular formula is C24H22ClN5O4. The number of anilines is 2. The minimum atomic E-state index is -0.620. The number of hydrogen-bond acceptors (Lipinski definition) is 6. The summed E-state index contributed by atoms with van der Waals surface area (Å²) < 4.78 is 12.0. The monoisotopic (exact) mass is 479 g/mol. The average molecular weight is 480 g/mol. The Bertz CT molecular complexity index is 1370. The van der Waals surface area contributed by atoms with Gasteiger partial charge in [-0.05, 0) is 55.8 Å². The van der Waals surface area contributed by atoms with E-state index in [9.17, 15) is 9.59 Å². The van der Waals surface area contributed by atoms with E-state index in [1.54, 1.807) is 38.3 Å². The summed E-state index contributed by atoms with van der Waals surface area (Å²) in [5.74, 6) is 0.485. The van der Waals surface area contributed by atoms with Gasteiger partial charge in [-0.25, -0.2) is 14.6 Å². The van der Waals surface area contributed by atoms with Crippen LogP contribution in [0.4, 0.5) is 16.3 Å². The average Bonchev–Trinajstić information content (AvgIpc) is 3.23. The zero-order chi connectivity index (χ0) is 24.2. The van der Waals surface area contributed by atoms with E-state index in [2.05, 4.69) is 15.7 Å². The lowest BCUT2D eigenvalue weighted by Crippen LogP contribution is -2.23. The van der Waals surface area contributed by atoms with Gasteiger partial charge in [0.05, 0.1) is 19.9 Å². The number of carbonyl (C=O) groups is 2. The van der Waals surface area contributed by atoms with E-state index in [4.69, 9.17) is 26.1 Å². The molecule has 0 unspecified atom stereocenters. The van der Waals surface area contributed by atoms with Crippen LogP contribution in [0.5, 0.6) is 5.75 Å². The Morgan fingerprint density at radius 3 is 2.59 bits per heavy atom. The van der Waals surface area contributed by atoms with Crippen LogP contribution in [-0.2, 0) is 4.74 Å². The van der Waals surface area contributed by atoms with Gasteiger partial charge < -0.3 is 14.8 Å². The van der Waals surface area contributed by atoms with Crippen molar-refractivity contribution in [3.8, 4) is 11.6 Å². The maximum absolute atomic E-state index is 12.8. The molecular weight excluding hydrogens is 458 g/mol. The van der Waals surface area contributed by atoms with Crippen LogP contribution in [-0.4, -0.2) is 40.5 Å². The summed E-state index contributed by atoms with van der Waals surface area (Å²) in [4.78, 5) is 30.0. The van der Waals surface area contributed by atoms with Crippen LogP contribution >= 0.6 is 11.6 Å². The molecule has 2 aromatic carbocycles. The van der Waals surface area contributed by atoms with Gasteiger partial charge in [-0.15, -0.1) is 0 Å². The predicted octanol–water partition coefficient (Wildman–Crippen LogP) is 5.21. The van der Waals surface area contributed by atoms with Gasteiger partial charge in [0.1, 0.15) is 16.8 Å². The van der Waals surface area contributed by atoms with Gasteiger partial charge in [-0.3, -0.25) is 5.32 Å². The fraction of sp³-hybridized carbons (Fsp3) is 0.167. The van der Waals surface area contributed by atoms with Crippen molar-refractivity contribution in [2.75, 3.05) is 24.4 Å². The van der Waals surface area contributed by atoms with Gasteiger partial charge in [0.25, 0.3) is 0 Å². The van der Waals surface area contributed by atoms with Crippen molar-refractivity contribution in [3.05, 3.63) is 70.9 Å². The summed E-state index contributed by atoms with van der Waals surface area (Å²) in [7, 11) is 1.57. The second-order valence-corrected chi connectivity index (χ2v) is 7.72. The molecule has 0 spiro atoms. The largest absolute Gasteiger partial charge is 0.494 e. The highest BCUT2D eigenvalue weighted by molar-refractivity contribution is 6.30. The molecule has 2 heterocycles. The van der Waals surface area contributed by atoms with Crippen molar-refractivity contribution in [1.82, 2.24) is 14.8 Å². The minimum Gasteiger partial charge on any atom is -0.494 e. The zero-order valence-electron chi connectivity index (χ0n) is 18.8. The molecule has 0 aliphatic carbocycles. The number of nitrogens with zero attached hydrogens (tertiary/aromatic N) is 3. The Hall–Kier alpha value is -4.11. The van der Waals surface area contributed by atoms with Crippen LogP contribution in [0.2, 0.25) is 5.02 Å². The summed E-state index contributed by atoms with van der Waals surface area (Å²) in [6, 6.07) is 13.5. The van der Waals surface area contributed by atoms with E-state index in [1.807, 2.05) is 31.2 Å². The number of carbonyl (C=O) groups excluding carboxylic acids is 2. The quantitative estimate of drug-likeness (QED) is 0.367. The number of fused-ring (bicyclic) bond motifs is 1. The van der Waals surface area contributed by atoms with Gasteiger partial charge in [-0.2, -0.15) is 9.78 Å². The molecule has 0 saturated heterocycles. The number of halogens is 1. The molecule has 2 aromatic heterocycles. The number of rotatable bonds is 6. The molecule has 0 radical (unpaired) electrons. The summed E-state index contributed by atoms with van der Waals surface area (Å²) in [6.45, 7) is 3.80. The maximum Gasteiger partial charge on any atom is 0.343 e. The Labute approximate surface area is 200 Å². The van der Waals surface area contributed by atoms with Crippen LogP contribution < -0.4 is 15.4 Å². The van der Waals surface area contributed by atoms with Gasteiger partial charge in [0.2, 0.25) is 0 Å². The highest BCUT2D eigenvalue weighted by Gasteiger charge is 2.23. The Morgan fingerprint density at radius 2 is 1.88 bits per heavy atom. The number of aromatic nitrogens is 3. The molecule has 4 aromatic rings. The number of benzene rings is 2. The van der Waals surface area contributed by atoms with Crippen LogP contribution in [0.25, 0.3) is 16.7 Å². The number of para-hydroxylation sites is 1. The highest BCUT2D eigenvalue weighted by atomic mass is 35.5. The maximum atomic E-state index is 12.8. The molecule has 0 bridgehead atoms. The molecule has 0 aliphatic heterocycles. The second kappa shape index (κ2) is 9.80. The fourth-order valence-corrected chi connectivity index (χ4v) is 3.58. The predicted molar refractivity (Wildman–Crippen MR) is 130 cm³/mol. The van der Waals surface area contributed by atoms with Crippen molar-refractivity contribution < 1.29 is 19.1 Å². The Morgan fingerprint density at radius 1 is 1.12 bits per heavy atom.